The van der Waals surface area contributed by atoms with Crippen molar-refractivity contribution in [2.24, 2.45) is 0 Å². The maximum atomic E-state index is 4.05. The Balaban J connectivity index is 1.70. The van der Waals surface area contributed by atoms with Gasteiger partial charge in [-0.05, 0) is 43.4 Å². The molecule has 0 saturated heterocycles. The Labute approximate surface area is 137 Å². The van der Waals surface area contributed by atoms with Crippen LogP contribution in [0.15, 0.2) is 24.3 Å². The first kappa shape index (κ1) is 16.2. The molecule has 0 aromatic heterocycles. The van der Waals surface area contributed by atoms with E-state index in [2.05, 4.69) is 41.2 Å². The maximum absolute atomic E-state index is 4.05. The number of hydrogen-bond donors (Lipinski definition) is 2. The molecule has 0 spiro atoms. The van der Waals surface area contributed by atoms with Gasteiger partial charge in [-0.3, -0.25) is 0 Å². The SMILES string of the molecule is Cc1ccccc1[Si](NC1CCCCC1)NC1CCCCC1. The molecule has 121 valence electrons. The van der Waals surface area contributed by atoms with Gasteiger partial charge < -0.3 is 9.96 Å². The standard InChI is InChI=1S/C19H31N2Si/c1-16-10-8-9-15-19(16)22(20-17-11-4-2-5-12-17)21-18-13-6-3-7-14-18/h8-10,15,17-18,20-21H,2-7,11-14H2,1H3. The number of rotatable bonds is 5. The molecule has 3 heteroatoms. The number of hydrogen-bond acceptors (Lipinski definition) is 2. The van der Waals surface area contributed by atoms with Gasteiger partial charge in [-0.25, -0.2) is 0 Å². The third kappa shape index (κ3) is 4.43. The van der Waals surface area contributed by atoms with Crippen molar-refractivity contribution < 1.29 is 0 Å². The predicted molar refractivity (Wildman–Crippen MR) is 96.6 cm³/mol. The van der Waals surface area contributed by atoms with Gasteiger partial charge in [0.15, 0.2) is 0 Å². The third-order valence-corrected chi connectivity index (χ3v) is 7.82. The van der Waals surface area contributed by atoms with Gasteiger partial charge >= 0.3 is 0 Å². The Kier molecular flexibility index (Phi) is 6.10. The molecule has 0 unspecified atom stereocenters. The topological polar surface area (TPSA) is 24.1 Å². The number of nitrogens with one attached hydrogen (secondary N) is 2. The molecule has 0 amide bonds. The first-order valence-corrected chi connectivity index (χ1v) is 10.8. The molecule has 1 aromatic rings. The second-order valence-corrected chi connectivity index (χ2v) is 9.01. The molecule has 2 nitrogen and oxygen atoms in total. The van der Waals surface area contributed by atoms with Crippen LogP contribution in [0.5, 0.6) is 0 Å². The smallest absolute Gasteiger partial charge is 0.261 e. The highest BCUT2D eigenvalue weighted by molar-refractivity contribution is 6.69. The van der Waals surface area contributed by atoms with Crippen LogP contribution in [-0.4, -0.2) is 21.2 Å². The molecule has 2 fully saturated rings. The molecule has 2 aliphatic rings. The molecule has 2 saturated carbocycles. The zero-order valence-electron chi connectivity index (χ0n) is 14.0. The normalized spacial score (nSPS) is 21.4. The maximum Gasteiger partial charge on any atom is 0.261 e. The second-order valence-electron chi connectivity index (χ2n) is 7.15. The van der Waals surface area contributed by atoms with Crippen molar-refractivity contribution in [2.45, 2.75) is 83.2 Å². The van der Waals surface area contributed by atoms with Crippen molar-refractivity contribution in [1.29, 1.82) is 0 Å². The summed E-state index contributed by atoms with van der Waals surface area (Å²) >= 11 is 0. The van der Waals surface area contributed by atoms with Gasteiger partial charge in [-0.1, -0.05) is 62.8 Å². The van der Waals surface area contributed by atoms with Gasteiger partial charge in [0.2, 0.25) is 0 Å². The minimum Gasteiger partial charge on any atom is -0.319 e. The highest BCUT2D eigenvalue weighted by Crippen LogP contribution is 2.19. The Morgan fingerprint density at radius 2 is 1.27 bits per heavy atom. The average Bonchev–Trinajstić information content (AvgIpc) is 2.57. The summed E-state index contributed by atoms with van der Waals surface area (Å²) < 4.78 is 0. The summed E-state index contributed by atoms with van der Waals surface area (Å²) in [7, 11) is -0.850. The van der Waals surface area contributed by atoms with Gasteiger partial charge in [0.25, 0.3) is 9.12 Å². The highest BCUT2D eigenvalue weighted by atomic mass is 28.3. The third-order valence-electron chi connectivity index (χ3n) is 5.32. The monoisotopic (exact) mass is 315 g/mol. The van der Waals surface area contributed by atoms with Crippen LogP contribution >= 0.6 is 0 Å². The summed E-state index contributed by atoms with van der Waals surface area (Å²) in [5.41, 5.74) is 1.45. The summed E-state index contributed by atoms with van der Waals surface area (Å²) in [4.78, 5) is 8.10. The van der Waals surface area contributed by atoms with Crippen LogP contribution in [0, 0.1) is 6.92 Å². The fourth-order valence-electron chi connectivity index (χ4n) is 3.95. The summed E-state index contributed by atoms with van der Waals surface area (Å²) in [6.45, 7) is 2.27. The van der Waals surface area contributed by atoms with Crippen molar-refractivity contribution in [2.75, 3.05) is 0 Å². The van der Waals surface area contributed by atoms with Gasteiger partial charge in [-0.15, -0.1) is 0 Å². The molecule has 22 heavy (non-hydrogen) atoms. The van der Waals surface area contributed by atoms with E-state index in [0.717, 1.165) is 12.1 Å². The summed E-state index contributed by atoms with van der Waals surface area (Å²) in [6.07, 6.45) is 14.0. The lowest BCUT2D eigenvalue weighted by atomic mass is 9.96. The van der Waals surface area contributed by atoms with Crippen LogP contribution in [-0.2, 0) is 0 Å². The zero-order valence-corrected chi connectivity index (χ0v) is 15.0. The molecule has 0 atom stereocenters. The molecule has 0 bridgehead atoms. The minimum atomic E-state index is -0.850. The lowest BCUT2D eigenvalue weighted by Gasteiger charge is -2.32. The number of benzene rings is 1. The predicted octanol–water partition coefficient (Wildman–Crippen LogP) is 3.53. The lowest BCUT2D eigenvalue weighted by molar-refractivity contribution is 0.398. The van der Waals surface area contributed by atoms with Gasteiger partial charge in [0.1, 0.15) is 0 Å². The summed E-state index contributed by atoms with van der Waals surface area (Å²) in [6, 6.07) is 10.5. The Morgan fingerprint density at radius 3 is 1.77 bits per heavy atom. The fourth-order valence-corrected chi connectivity index (χ4v) is 6.48. The molecule has 1 aromatic carbocycles. The largest absolute Gasteiger partial charge is 0.319 e. The summed E-state index contributed by atoms with van der Waals surface area (Å²) in [5.74, 6) is 0. The van der Waals surface area contributed by atoms with E-state index in [1.807, 2.05) is 0 Å². The van der Waals surface area contributed by atoms with E-state index in [4.69, 9.17) is 0 Å². The van der Waals surface area contributed by atoms with Gasteiger partial charge in [-0.2, -0.15) is 0 Å². The quantitative estimate of drug-likeness (QED) is 0.812. The average molecular weight is 316 g/mol. The van der Waals surface area contributed by atoms with Gasteiger partial charge in [0.05, 0.1) is 0 Å². The first-order chi connectivity index (χ1) is 10.8. The first-order valence-electron chi connectivity index (χ1n) is 9.29. The Morgan fingerprint density at radius 1 is 0.773 bits per heavy atom. The van der Waals surface area contributed by atoms with E-state index < -0.39 is 9.12 Å². The van der Waals surface area contributed by atoms with Gasteiger partial charge in [0, 0.05) is 12.1 Å². The highest BCUT2D eigenvalue weighted by Gasteiger charge is 2.26. The molecular formula is C19H31N2Si. The molecule has 0 aliphatic heterocycles. The van der Waals surface area contributed by atoms with Crippen LogP contribution in [0.3, 0.4) is 0 Å². The van der Waals surface area contributed by atoms with E-state index in [0.29, 0.717) is 0 Å². The Bertz CT molecular complexity index is 431. The molecule has 2 aliphatic carbocycles. The van der Waals surface area contributed by atoms with Crippen LogP contribution in [0.1, 0.15) is 69.8 Å². The molecular weight excluding hydrogens is 284 g/mol. The minimum absolute atomic E-state index is 0.735. The van der Waals surface area contributed by atoms with E-state index in [1.165, 1.54) is 69.8 Å². The van der Waals surface area contributed by atoms with Crippen molar-refractivity contribution in [3.8, 4) is 0 Å². The van der Waals surface area contributed by atoms with E-state index >= 15 is 0 Å². The van der Waals surface area contributed by atoms with Crippen LogP contribution in [0.25, 0.3) is 0 Å². The fraction of sp³-hybridized carbons (Fsp3) is 0.684. The van der Waals surface area contributed by atoms with Crippen LogP contribution in [0.2, 0.25) is 0 Å². The van der Waals surface area contributed by atoms with Crippen molar-refractivity contribution in [1.82, 2.24) is 9.96 Å². The Hall–Kier alpha value is -0.643. The molecule has 1 radical (unpaired) electrons. The van der Waals surface area contributed by atoms with Crippen molar-refractivity contribution >= 4 is 14.3 Å². The molecule has 3 rings (SSSR count). The molecule has 0 heterocycles. The van der Waals surface area contributed by atoms with Crippen LogP contribution < -0.4 is 15.2 Å². The van der Waals surface area contributed by atoms with Crippen LogP contribution in [0.4, 0.5) is 0 Å². The van der Waals surface area contributed by atoms with E-state index in [9.17, 15) is 0 Å². The second kappa shape index (κ2) is 8.28. The van der Waals surface area contributed by atoms with Crippen molar-refractivity contribution in [3.05, 3.63) is 29.8 Å². The zero-order chi connectivity index (χ0) is 15.2. The number of aryl methyl sites for hydroxylation is 1. The molecule has 2 N–H and O–H groups in total. The lowest BCUT2D eigenvalue weighted by Crippen LogP contribution is -2.62. The van der Waals surface area contributed by atoms with Crippen molar-refractivity contribution in [3.63, 3.8) is 0 Å². The van der Waals surface area contributed by atoms with E-state index in [-0.39, 0.29) is 0 Å². The summed E-state index contributed by atoms with van der Waals surface area (Å²) in [5, 5.41) is 1.55. The van der Waals surface area contributed by atoms with E-state index in [1.54, 1.807) is 5.19 Å².